The number of aryl methyl sites for hydroxylation is 1. The number of morpholine rings is 1. The van der Waals surface area contributed by atoms with Gasteiger partial charge in [0.05, 0.1) is 30.3 Å². The van der Waals surface area contributed by atoms with Crippen LogP contribution >= 0.6 is 0 Å². The summed E-state index contributed by atoms with van der Waals surface area (Å²) in [6.07, 6.45) is 5.44. The normalized spacial score (nSPS) is 16.5. The molecular weight excluding hydrogens is 478 g/mol. The minimum Gasteiger partial charge on any atom is -0.492 e. The minimum absolute atomic E-state index is 0.658. The third-order valence-electron chi connectivity index (χ3n) is 7.10. The zero-order valence-corrected chi connectivity index (χ0v) is 21.5. The molecule has 194 valence electrons. The molecule has 2 aromatic heterocycles. The first-order valence-corrected chi connectivity index (χ1v) is 13.1. The van der Waals surface area contributed by atoms with Gasteiger partial charge < -0.3 is 19.3 Å². The number of imidazole rings is 1. The van der Waals surface area contributed by atoms with Crippen LogP contribution < -0.4 is 4.74 Å². The number of aromatic amines is 1. The summed E-state index contributed by atoms with van der Waals surface area (Å²) in [7, 11) is 1.59. The first kappa shape index (κ1) is 24.3. The average molecular weight is 510 g/mol. The average Bonchev–Trinajstić information content (AvgIpc) is 3.59. The third kappa shape index (κ3) is 5.18. The van der Waals surface area contributed by atoms with Crippen LogP contribution in [0.25, 0.3) is 33.9 Å². The van der Waals surface area contributed by atoms with E-state index in [2.05, 4.69) is 50.4 Å². The largest absolute Gasteiger partial charge is 0.492 e. The number of hydrogen-bond acceptors (Lipinski definition) is 7. The molecule has 3 heterocycles. The molecule has 8 nitrogen and oxygen atoms in total. The number of fused-ring (bicyclic) bond motifs is 1. The van der Waals surface area contributed by atoms with Crippen LogP contribution in [-0.4, -0.2) is 72.1 Å². The van der Waals surface area contributed by atoms with Gasteiger partial charge in [0.1, 0.15) is 25.3 Å². The van der Waals surface area contributed by atoms with E-state index in [0.29, 0.717) is 6.61 Å². The number of nitrogens with zero attached hydrogens (tertiary/aromatic N) is 4. The molecule has 8 heteroatoms. The molecule has 4 aromatic rings. The van der Waals surface area contributed by atoms with Crippen molar-refractivity contribution in [2.75, 3.05) is 46.6 Å². The Hall–Kier alpha value is -4.01. The summed E-state index contributed by atoms with van der Waals surface area (Å²) in [6.45, 7) is 5.10. The van der Waals surface area contributed by atoms with Crippen LogP contribution in [0.1, 0.15) is 17.5 Å². The Morgan fingerprint density at radius 1 is 0.947 bits per heavy atom. The van der Waals surface area contributed by atoms with Gasteiger partial charge in [-0.25, -0.2) is 4.98 Å². The van der Waals surface area contributed by atoms with Crippen LogP contribution in [-0.2, 0) is 16.0 Å². The standard InChI is InChI=1S/C30H31N5O3/c1-36-34-27-9-5-23-20-24(4-8-26(23)27)29-28(21-10-12-31-13-11-21)32-30(33-29)22-2-6-25(7-3-22)38-19-16-35-14-17-37-18-15-35/h2-4,6-8,10-13,20H,5,9,14-19H2,1H3,(H,32,33). The minimum atomic E-state index is 0.658. The molecule has 1 fully saturated rings. The fourth-order valence-electron chi connectivity index (χ4n) is 5.09. The molecule has 0 radical (unpaired) electrons. The summed E-state index contributed by atoms with van der Waals surface area (Å²) >= 11 is 0. The monoisotopic (exact) mass is 509 g/mol. The van der Waals surface area contributed by atoms with Gasteiger partial charge in [-0.15, -0.1) is 0 Å². The fourth-order valence-corrected chi connectivity index (χ4v) is 5.09. The van der Waals surface area contributed by atoms with Crippen molar-refractivity contribution in [2.45, 2.75) is 12.8 Å². The summed E-state index contributed by atoms with van der Waals surface area (Å²) < 4.78 is 11.4. The lowest BCUT2D eigenvalue weighted by atomic mass is 10.0. The molecule has 1 aliphatic heterocycles. The quantitative estimate of drug-likeness (QED) is 0.343. The molecule has 0 atom stereocenters. The topological polar surface area (TPSA) is 84.9 Å². The van der Waals surface area contributed by atoms with Crippen LogP contribution in [0, 0.1) is 0 Å². The Labute approximate surface area is 222 Å². The number of hydrogen-bond donors (Lipinski definition) is 1. The van der Waals surface area contributed by atoms with E-state index in [4.69, 9.17) is 19.3 Å². The lowest BCUT2D eigenvalue weighted by Gasteiger charge is -2.26. The van der Waals surface area contributed by atoms with Crippen LogP contribution in [0.3, 0.4) is 0 Å². The van der Waals surface area contributed by atoms with Crippen molar-refractivity contribution in [1.82, 2.24) is 19.9 Å². The molecule has 1 aliphatic carbocycles. The molecule has 0 bridgehead atoms. The van der Waals surface area contributed by atoms with Crippen molar-refractivity contribution >= 4 is 5.71 Å². The van der Waals surface area contributed by atoms with Crippen molar-refractivity contribution in [3.8, 4) is 39.7 Å². The maximum atomic E-state index is 6.00. The second-order valence-electron chi connectivity index (χ2n) is 9.46. The van der Waals surface area contributed by atoms with Gasteiger partial charge >= 0.3 is 0 Å². The van der Waals surface area contributed by atoms with E-state index in [1.54, 1.807) is 19.5 Å². The highest BCUT2D eigenvalue weighted by atomic mass is 16.6. The van der Waals surface area contributed by atoms with Crippen LogP contribution in [0.4, 0.5) is 0 Å². The van der Waals surface area contributed by atoms with Crippen molar-refractivity contribution in [2.24, 2.45) is 5.16 Å². The summed E-state index contributed by atoms with van der Waals surface area (Å²) in [5.41, 5.74) is 8.41. The molecule has 0 saturated carbocycles. The zero-order chi connectivity index (χ0) is 25.7. The summed E-state index contributed by atoms with van der Waals surface area (Å²) in [5, 5.41) is 4.20. The van der Waals surface area contributed by atoms with E-state index < -0.39 is 0 Å². The lowest BCUT2D eigenvalue weighted by Crippen LogP contribution is -2.38. The van der Waals surface area contributed by atoms with Gasteiger partial charge in [-0.1, -0.05) is 17.3 Å². The molecule has 1 N–H and O–H groups in total. The van der Waals surface area contributed by atoms with E-state index in [9.17, 15) is 0 Å². The van der Waals surface area contributed by atoms with Gasteiger partial charge in [0, 0.05) is 54.3 Å². The predicted octanol–water partition coefficient (Wildman–Crippen LogP) is 4.81. The van der Waals surface area contributed by atoms with Gasteiger partial charge in [0.15, 0.2) is 0 Å². The zero-order valence-electron chi connectivity index (χ0n) is 21.5. The van der Waals surface area contributed by atoms with Gasteiger partial charge in [-0.05, 0) is 60.9 Å². The van der Waals surface area contributed by atoms with Gasteiger partial charge in [0.2, 0.25) is 0 Å². The highest BCUT2D eigenvalue weighted by Gasteiger charge is 2.21. The molecular formula is C30H31N5O3. The first-order chi connectivity index (χ1) is 18.8. The number of benzene rings is 2. The number of H-pyrrole nitrogens is 1. The first-order valence-electron chi connectivity index (χ1n) is 13.1. The lowest BCUT2D eigenvalue weighted by molar-refractivity contribution is 0.0322. The smallest absolute Gasteiger partial charge is 0.138 e. The van der Waals surface area contributed by atoms with Crippen LogP contribution in [0.5, 0.6) is 5.75 Å². The SMILES string of the molecule is CON=C1CCc2cc(-c3nc(-c4ccc(OCCN5CCOCC5)cc4)[nH]c3-c3ccncc3)ccc21. The Balaban J connectivity index is 1.26. The van der Waals surface area contributed by atoms with E-state index in [1.165, 1.54) is 5.56 Å². The molecule has 2 aliphatic rings. The number of nitrogens with one attached hydrogen (secondary N) is 1. The van der Waals surface area contributed by atoms with Crippen LogP contribution in [0.2, 0.25) is 0 Å². The van der Waals surface area contributed by atoms with Crippen LogP contribution in [0.15, 0.2) is 72.1 Å². The van der Waals surface area contributed by atoms with Gasteiger partial charge in [-0.2, -0.15) is 0 Å². The van der Waals surface area contributed by atoms with Gasteiger partial charge in [-0.3, -0.25) is 9.88 Å². The summed E-state index contributed by atoms with van der Waals surface area (Å²) in [6, 6.07) is 18.6. The third-order valence-corrected chi connectivity index (χ3v) is 7.10. The Morgan fingerprint density at radius 3 is 2.53 bits per heavy atom. The Morgan fingerprint density at radius 2 is 1.74 bits per heavy atom. The van der Waals surface area contributed by atoms with Crippen molar-refractivity contribution < 1.29 is 14.3 Å². The maximum absolute atomic E-state index is 6.00. The van der Waals surface area contributed by atoms with Crippen molar-refractivity contribution in [3.63, 3.8) is 0 Å². The maximum Gasteiger partial charge on any atom is 0.138 e. The fraction of sp³-hybridized carbons (Fsp3) is 0.300. The number of aromatic nitrogens is 3. The molecule has 6 rings (SSSR count). The highest BCUT2D eigenvalue weighted by molar-refractivity contribution is 6.04. The number of ether oxygens (including phenoxy) is 2. The predicted molar refractivity (Wildman–Crippen MR) is 147 cm³/mol. The molecule has 0 spiro atoms. The summed E-state index contributed by atoms with van der Waals surface area (Å²) in [4.78, 5) is 20.2. The molecule has 2 aromatic carbocycles. The second-order valence-corrected chi connectivity index (χ2v) is 9.46. The molecule has 0 amide bonds. The van der Waals surface area contributed by atoms with Gasteiger partial charge in [0.25, 0.3) is 0 Å². The Bertz CT molecular complexity index is 1410. The number of rotatable bonds is 8. The van der Waals surface area contributed by atoms with E-state index in [-0.39, 0.29) is 0 Å². The number of oxime groups is 1. The Kier molecular flexibility index (Phi) is 7.15. The van der Waals surface area contributed by atoms with E-state index >= 15 is 0 Å². The summed E-state index contributed by atoms with van der Waals surface area (Å²) in [5.74, 6) is 1.67. The van der Waals surface area contributed by atoms with E-state index in [0.717, 1.165) is 96.6 Å². The van der Waals surface area contributed by atoms with Crippen molar-refractivity contribution in [1.29, 1.82) is 0 Å². The molecule has 1 saturated heterocycles. The molecule has 0 unspecified atom stereocenters. The van der Waals surface area contributed by atoms with Crippen molar-refractivity contribution in [3.05, 3.63) is 78.1 Å². The number of pyridine rings is 1. The highest BCUT2D eigenvalue weighted by Crippen LogP contribution is 2.35. The second kappa shape index (κ2) is 11.2. The molecule has 38 heavy (non-hydrogen) atoms. The van der Waals surface area contributed by atoms with E-state index in [1.807, 2.05) is 24.3 Å².